The maximum atomic E-state index is 11.6. The molecule has 0 atom stereocenters. The molecule has 1 aromatic carbocycles. The molecule has 148 valence electrons. The normalized spacial score (nSPS) is 14.3. The summed E-state index contributed by atoms with van der Waals surface area (Å²) in [5, 5.41) is 8.88. The zero-order valence-electron chi connectivity index (χ0n) is 16.4. The van der Waals surface area contributed by atoms with E-state index in [0.29, 0.717) is 25.6 Å². The molecule has 1 aromatic rings. The van der Waals surface area contributed by atoms with Gasteiger partial charge in [0.1, 0.15) is 0 Å². The van der Waals surface area contributed by atoms with Crippen LogP contribution >= 0.6 is 0 Å². The Morgan fingerprint density at radius 1 is 1.30 bits per heavy atom. The van der Waals surface area contributed by atoms with Crippen molar-refractivity contribution in [2.75, 3.05) is 50.7 Å². The topological polar surface area (TPSA) is 89.1 Å². The van der Waals surface area contributed by atoms with Gasteiger partial charge in [-0.25, -0.2) is 4.79 Å². The zero-order valence-corrected chi connectivity index (χ0v) is 16.4. The van der Waals surface area contributed by atoms with E-state index in [9.17, 15) is 9.59 Å². The number of nitrogens with one attached hydrogen (secondary N) is 3. The minimum atomic E-state index is -0.333. The van der Waals surface area contributed by atoms with Gasteiger partial charge in [0.05, 0.1) is 13.1 Å². The van der Waals surface area contributed by atoms with Gasteiger partial charge in [0, 0.05) is 38.4 Å². The number of rotatable bonds is 9. The molecular formula is C19H30N6O2. The molecule has 1 aliphatic heterocycles. The van der Waals surface area contributed by atoms with E-state index in [2.05, 4.69) is 64.0 Å². The predicted molar refractivity (Wildman–Crippen MR) is 108 cm³/mol. The summed E-state index contributed by atoms with van der Waals surface area (Å²) in [5.41, 5.74) is 2.44. The predicted octanol–water partition coefficient (Wildman–Crippen LogP) is 0.928. The van der Waals surface area contributed by atoms with Crippen LogP contribution in [0, 0.1) is 6.92 Å². The van der Waals surface area contributed by atoms with Crippen molar-refractivity contribution in [1.82, 2.24) is 20.9 Å². The molecule has 1 heterocycles. The summed E-state index contributed by atoms with van der Waals surface area (Å²) >= 11 is 0. The highest BCUT2D eigenvalue weighted by atomic mass is 16.2. The number of hydrogen-bond donors (Lipinski definition) is 3. The first-order valence-corrected chi connectivity index (χ1v) is 9.47. The van der Waals surface area contributed by atoms with Crippen molar-refractivity contribution < 1.29 is 9.59 Å². The van der Waals surface area contributed by atoms with Gasteiger partial charge in [-0.3, -0.25) is 14.7 Å². The number of aryl methyl sites for hydroxylation is 1. The fourth-order valence-corrected chi connectivity index (χ4v) is 2.89. The third kappa shape index (κ3) is 6.16. The second-order valence-electron chi connectivity index (χ2n) is 6.31. The molecule has 1 fully saturated rings. The summed E-state index contributed by atoms with van der Waals surface area (Å²) in [4.78, 5) is 31.2. The van der Waals surface area contributed by atoms with E-state index in [1.54, 1.807) is 0 Å². The molecule has 0 unspecified atom stereocenters. The second kappa shape index (κ2) is 10.4. The van der Waals surface area contributed by atoms with Crippen LogP contribution in [-0.2, 0) is 4.79 Å². The minimum absolute atomic E-state index is 0.0821. The Hall–Kier alpha value is -2.77. The molecule has 0 aliphatic carbocycles. The fraction of sp³-hybridized carbons (Fsp3) is 0.526. The number of anilines is 1. The number of amides is 3. The summed E-state index contributed by atoms with van der Waals surface area (Å²) in [6.45, 7) is 10.2. The highest BCUT2D eigenvalue weighted by Gasteiger charge is 2.27. The molecule has 8 nitrogen and oxygen atoms in total. The first-order chi connectivity index (χ1) is 13.0. The smallest absolute Gasteiger partial charge is 0.324 e. The number of likely N-dealkylation sites (N-methyl/N-ethyl adjacent to an activating group) is 1. The standard InChI is InChI=1S/C19H30N6O2/c1-4-20-18(22-10-12-25-17(26)14-23-19(25)27)21-9-11-24(5-2)16-8-6-7-15(3)13-16/h6-8,13H,4-5,9-12,14H2,1-3H3,(H,23,27)(H2,20,21,22). The number of nitrogens with zero attached hydrogens (tertiary/aromatic N) is 3. The van der Waals surface area contributed by atoms with E-state index in [1.165, 1.54) is 16.2 Å². The number of guanidine groups is 1. The maximum Gasteiger partial charge on any atom is 0.324 e. The summed E-state index contributed by atoms with van der Waals surface area (Å²) < 4.78 is 0. The van der Waals surface area contributed by atoms with E-state index < -0.39 is 0 Å². The van der Waals surface area contributed by atoms with E-state index >= 15 is 0 Å². The Morgan fingerprint density at radius 3 is 2.74 bits per heavy atom. The monoisotopic (exact) mass is 374 g/mol. The average Bonchev–Trinajstić information content (AvgIpc) is 2.97. The number of carbonyl (C=O) groups is 2. The lowest BCUT2D eigenvalue weighted by molar-refractivity contribution is -0.124. The molecule has 3 amide bonds. The molecule has 1 aliphatic rings. The van der Waals surface area contributed by atoms with Gasteiger partial charge in [-0.15, -0.1) is 0 Å². The summed E-state index contributed by atoms with van der Waals surface area (Å²) in [5.74, 6) is 0.491. The number of imide groups is 1. The highest BCUT2D eigenvalue weighted by Crippen LogP contribution is 2.15. The Labute approximate surface area is 161 Å². The van der Waals surface area contributed by atoms with Crippen LogP contribution in [0.15, 0.2) is 29.3 Å². The van der Waals surface area contributed by atoms with E-state index in [0.717, 1.165) is 19.6 Å². The van der Waals surface area contributed by atoms with Gasteiger partial charge < -0.3 is 20.9 Å². The number of benzene rings is 1. The SMILES string of the molecule is CCNC(=NCCN(CC)c1cccc(C)c1)NCCN1C(=O)CNC1=O. The third-order valence-electron chi connectivity index (χ3n) is 4.30. The molecule has 0 saturated carbocycles. The first-order valence-electron chi connectivity index (χ1n) is 9.47. The van der Waals surface area contributed by atoms with Crippen LogP contribution in [0.2, 0.25) is 0 Å². The number of carbonyl (C=O) groups excluding carboxylic acids is 2. The number of aliphatic imine (C=N–C) groups is 1. The number of urea groups is 1. The van der Waals surface area contributed by atoms with Crippen molar-refractivity contribution in [3.63, 3.8) is 0 Å². The van der Waals surface area contributed by atoms with Crippen LogP contribution < -0.4 is 20.9 Å². The molecule has 27 heavy (non-hydrogen) atoms. The van der Waals surface area contributed by atoms with Gasteiger partial charge in [-0.05, 0) is 38.5 Å². The van der Waals surface area contributed by atoms with Crippen molar-refractivity contribution in [2.45, 2.75) is 20.8 Å². The van der Waals surface area contributed by atoms with Crippen LogP contribution in [-0.4, -0.2) is 68.6 Å². The quantitative estimate of drug-likeness (QED) is 0.340. The first kappa shape index (κ1) is 20.5. The molecule has 0 radical (unpaired) electrons. The van der Waals surface area contributed by atoms with Crippen molar-refractivity contribution in [1.29, 1.82) is 0 Å². The lowest BCUT2D eigenvalue weighted by Crippen LogP contribution is -2.43. The Morgan fingerprint density at radius 2 is 2.11 bits per heavy atom. The average molecular weight is 374 g/mol. The van der Waals surface area contributed by atoms with Crippen molar-refractivity contribution in [3.05, 3.63) is 29.8 Å². The van der Waals surface area contributed by atoms with Gasteiger partial charge >= 0.3 is 6.03 Å². The molecule has 0 spiro atoms. The molecule has 3 N–H and O–H groups in total. The van der Waals surface area contributed by atoms with Crippen LogP contribution in [0.4, 0.5) is 10.5 Å². The fourth-order valence-electron chi connectivity index (χ4n) is 2.89. The highest BCUT2D eigenvalue weighted by molar-refractivity contribution is 6.01. The van der Waals surface area contributed by atoms with Crippen molar-refractivity contribution in [3.8, 4) is 0 Å². The van der Waals surface area contributed by atoms with E-state index in [4.69, 9.17) is 0 Å². The van der Waals surface area contributed by atoms with Gasteiger partial charge in [-0.2, -0.15) is 0 Å². The van der Waals surface area contributed by atoms with Gasteiger partial charge in [-0.1, -0.05) is 12.1 Å². The third-order valence-corrected chi connectivity index (χ3v) is 4.30. The van der Waals surface area contributed by atoms with Crippen LogP contribution in [0.5, 0.6) is 0 Å². The molecule has 8 heteroatoms. The van der Waals surface area contributed by atoms with Gasteiger partial charge in [0.2, 0.25) is 5.91 Å². The molecule has 0 bridgehead atoms. The van der Waals surface area contributed by atoms with Crippen molar-refractivity contribution in [2.24, 2.45) is 4.99 Å². The van der Waals surface area contributed by atoms with Crippen LogP contribution in [0.25, 0.3) is 0 Å². The van der Waals surface area contributed by atoms with E-state index in [-0.39, 0.29) is 18.5 Å². The largest absolute Gasteiger partial charge is 0.370 e. The summed E-state index contributed by atoms with van der Waals surface area (Å²) in [6, 6.07) is 8.11. The van der Waals surface area contributed by atoms with Gasteiger partial charge in [0.25, 0.3) is 0 Å². The summed E-state index contributed by atoms with van der Waals surface area (Å²) in [6.07, 6.45) is 0. The molecule has 0 aromatic heterocycles. The Kier molecular flexibility index (Phi) is 7.91. The Balaban J connectivity index is 1.84. The second-order valence-corrected chi connectivity index (χ2v) is 6.31. The summed E-state index contributed by atoms with van der Waals surface area (Å²) in [7, 11) is 0. The lowest BCUT2D eigenvalue weighted by Gasteiger charge is -2.23. The molecular weight excluding hydrogens is 344 g/mol. The van der Waals surface area contributed by atoms with Crippen molar-refractivity contribution >= 4 is 23.6 Å². The minimum Gasteiger partial charge on any atom is -0.370 e. The maximum absolute atomic E-state index is 11.6. The van der Waals surface area contributed by atoms with Gasteiger partial charge in [0.15, 0.2) is 5.96 Å². The molecule has 2 rings (SSSR count). The van der Waals surface area contributed by atoms with E-state index in [1.807, 2.05) is 6.92 Å². The van der Waals surface area contributed by atoms with Crippen LogP contribution in [0.1, 0.15) is 19.4 Å². The Bertz CT molecular complexity index is 660. The molecule has 1 saturated heterocycles. The number of hydrogen-bond acceptors (Lipinski definition) is 4. The lowest BCUT2D eigenvalue weighted by atomic mass is 10.2. The zero-order chi connectivity index (χ0) is 19.6. The van der Waals surface area contributed by atoms with Crippen LogP contribution in [0.3, 0.4) is 0 Å².